The zero-order chi connectivity index (χ0) is 23.3. The van der Waals surface area contributed by atoms with Crippen molar-refractivity contribution in [1.29, 1.82) is 5.41 Å². The predicted octanol–water partition coefficient (Wildman–Crippen LogP) is 4.33. The van der Waals surface area contributed by atoms with Gasteiger partial charge >= 0.3 is 0 Å². The van der Waals surface area contributed by atoms with E-state index in [9.17, 15) is 0 Å². The number of aromatic amines is 1. The zero-order valence-corrected chi connectivity index (χ0v) is 19.3. The first-order chi connectivity index (χ1) is 16.7. The van der Waals surface area contributed by atoms with Crippen LogP contribution in [0.4, 0.5) is 0 Å². The fraction of sp³-hybridized carbons (Fsp3) is 0.346. The van der Waals surface area contributed by atoms with E-state index in [0.29, 0.717) is 36.7 Å². The van der Waals surface area contributed by atoms with Gasteiger partial charge in [-0.25, -0.2) is 9.97 Å². The van der Waals surface area contributed by atoms with Crippen molar-refractivity contribution in [2.75, 3.05) is 7.11 Å². The highest BCUT2D eigenvalue weighted by Gasteiger charge is 2.19. The van der Waals surface area contributed by atoms with Crippen molar-refractivity contribution in [3.05, 3.63) is 77.3 Å². The first kappa shape index (κ1) is 22.2. The molecule has 8 nitrogen and oxygen atoms in total. The Balaban J connectivity index is 1.35. The molecule has 0 spiro atoms. The summed E-state index contributed by atoms with van der Waals surface area (Å²) in [5.41, 5.74) is 3.58. The fourth-order valence-corrected chi connectivity index (χ4v) is 4.35. The van der Waals surface area contributed by atoms with Crippen LogP contribution in [-0.4, -0.2) is 32.7 Å². The van der Waals surface area contributed by atoms with E-state index in [2.05, 4.69) is 9.97 Å². The lowest BCUT2D eigenvalue weighted by atomic mass is 10.2. The smallest absolute Gasteiger partial charge is 0.173 e. The third-order valence-electron chi connectivity index (χ3n) is 6.10. The molecule has 5 rings (SSSR count). The molecule has 0 radical (unpaired) electrons. The summed E-state index contributed by atoms with van der Waals surface area (Å²) >= 11 is 0. The van der Waals surface area contributed by atoms with E-state index < -0.39 is 0 Å². The molecule has 8 heteroatoms. The van der Waals surface area contributed by atoms with E-state index in [0.717, 1.165) is 35.5 Å². The van der Waals surface area contributed by atoms with Gasteiger partial charge in [0.15, 0.2) is 22.6 Å². The lowest BCUT2D eigenvalue weighted by molar-refractivity contribution is 0.102. The molecule has 4 aromatic rings. The lowest BCUT2D eigenvalue weighted by Gasteiger charge is -2.17. The highest BCUT2D eigenvalue weighted by Crippen LogP contribution is 2.32. The van der Waals surface area contributed by atoms with Crippen LogP contribution in [0.5, 0.6) is 11.5 Å². The van der Waals surface area contributed by atoms with Crippen molar-refractivity contribution in [3.63, 3.8) is 0 Å². The highest BCUT2D eigenvalue weighted by atomic mass is 16.5. The van der Waals surface area contributed by atoms with Crippen molar-refractivity contribution in [1.82, 2.24) is 19.5 Å². The van der Waals surface area contributed by atoms with Crippen molar-refractivity contribution in [2.24, 2.45) is 0 Å². The molecule has 0 amide bonds. The summed E-state index contributed by atoms with van der Waals surface area (Å²) in [5.74, 6) is 2.18. The largest absolute Gasteiger partial charge is 0.493 e. The highest BCUT2D eigenvalue weighted by molar-refractivity contribution is 5.69. The van der Waals surface area contributed by atoms with Crippen LogP contribution >= 0.6 is 0 Å². The van der Waals surface area contributed by atoms with Crippen LogP contribution in [0, 0.1) is 5.41 Å². The molecule has 34 heavy (non-hydrogen) atoms. The number of nitrogens with one attached hydrogen (secondary N) is 2. The van der Waals surface area contributed by atoms with Gasteiger partial charge in [-0.15, -0.1) is 0 Å². The van der Waals surface area contributed by atoms with Gasteiger partial charge in [0.2, 0.25) is 0 Å². The van der Waals surface area contributed by atoms with E-state index in [4.69, 9.17) is 24.6 Å². The summed E-state index contributed by atoms with van der Waals surface area (Å²) < 4.78 is 19.5. The maximum Gasteiger partial charge on any atom is 0.173 e. The van der Waals surface area contributed by atoms with E-state index in [1.54, 1.807) is 13.4 Å². The van der Waals surface area contributed by atoms with Crippen LogP contribution < -0.4 is 15.0 Å². The predicted molar refractivity (Wildman–Crippen MR) is 128 cm³/mol. The van der Waals surface area contributed by atoms with Gasteiger partial charge in [-0.1, -0.05) is 36.4 Å². The molecule has 1 aliphatic rings. The lowest BCUT2D eigenvalue weighted by Crippen LogP contribution is -2.14. The molecule has 176 valence electrons. The van der Waals surface area contributed by atoms with Gasteiger partial charge in [0.05, 0.1) is 32.7 Å². The van der Waals surface area contributed by atoms with Crippen LogP contribution in [0.25, 0.3) is 11.2 Å². The summed E-state index contributed by atoms with van der Waals surface area (Å²) in [5, 5.41) is 8.20. The van der Waals surface area contributed by atoms with Crippen LogP contribution in [0.3, 0.4) is 0 Å². The zero-order valence-electron chi connectivity index (χ0n) is 19.3. The molecule has 1 aliphatic carbocycles. The van der Waals surface area contributed by atoms with E-state index in [1.807, 2.05) is 53.1 Å². The normalized spacial score (nSPS) is 14.0. The van der Waals surface area contributed by atoms with Crippen LogP contribution in [-0.2, 0) is 24.5 Å². The van der Waals surface area contributed by atoms with Gasteiger partial charge in [0, 0.05) is 0 Å². The molecule has 0 atom stereocenters. The van der Waals surface area contributed by atoms with Crippen LogP contribution in [0.1, 0.15) is 42.6 Å². The molecule has 1 saturated carbocycles. The molecular formula is C26H29N5O3. The maximum atomic E-state index is 8.20. The molecular weight excluding hydrogens is 430 g/mol. The second kappa shape index (κ2) is 10.1. The SMILES string of the molecule is COc1ccc(Cn2cnc(=N)c3[nH]c(COCc4ccccc4)nc32)cc1OC1CCCC1. The van der Waals surface area contributed by atoms with Gasteiger partial charge in [-0.3, -0.25) is 5.41 Å². The Labute approximate surface area is 198 Å². The van der Waals surface area contributed by atoms with Crippen molar-refractivity contribution in [3.8, 4) is 11.5 Å². The molecule has 0 aliphatic heterocycles. The summed E-state index contributed by atoms with van der Waals surface area (Å²) in [6.45, 7) is 1.37. The molecule has 2 heterocycles. The number of imidazole rings is 1. The topological polar surface area (TPSA) is 98.0 Å². The number of benzene rings is 2. The number of hydrogen-bond donors (Lipinski definition) is 2. The van der Waals surface area contributed by atoms with Crippen LogP contribution in [0.15, 0.2) is 54.9 Å². The van der Waals surface area contributed by atoms with Crippen molar-refractivity contribution < 1.29 is 14.2 Å². The average molecular weight is 460 g/mol. The number of ether oxygens (including phenoxy) is 3. The number of fused-ring (bicyclic) bond motifs is 1. The van der Waals surface area contributed by atoms with Gasteiger partial charge < -0.3 is 23.8 Å². The third kappa shape index (κ3) is 4.97. The third-order valence-corrected chi connectivity index (χ3v) is 6.10. The van der Waals surface area contributed by atoms with Crippen LogP contribution in [0.2, 0.25) is 0 Å². The first-order valence-electron chi connectivity index (χ1n) is 11.6. The summed E-state index contributed by atoms with van der Waals surface area (Å²) in [4.78, 5) is 12.2. The number of rotatable bonds is 9. The van der Waals surface area contributed by atoms with E-state index in [-0.39, 0.29) is 11.6 Å². The quantitative estimate of drug-likeness (QED) is 0.388. The van der Waals surface area contributed by atoms with E-state index in [1.165, 1.54) is 12.8 Å². The Hall–Kier alpha value is -3.65. The Bertz CT molecular complexity index is 1310. The number of nitrogens with zero attached hydrogens (tertiary/aromatic N) is 3. The second-order valence-electron chi connectivity index (χ2n) is 8.59. The van der Waals surface area contributed by atoms with Gasteiger partial charge in [-0.2, -0.15) is 0 Å². The standard InChI is InChI=1S/C26H29N5O3/c1-32-21-12-11-19(13-22(21)34-20-9-5-6-10-20)14-31-17-28-25(27)24-26(31)30-23(29-24)16-33-15-18-7-3-2-4-8-18/h2-4,7-8,11-13,17,20,27H,5-6,9-10,14-16H2,1H3,(H,29,30). The van der Waals surface area contributed by atoms with Crippen molar-refractivity contribution >= 4 is 11.2 Å². The second-order valence-corrected chi connectivity index (χ2v) is 8.59. The number of hydrogen-bond acceptors (Lipinski definition) is 6. The molecule has 0 unspecified atom stereocenters. The monoisotopic (exact) mass is 459 g/mol. The molecule has 0 saturated heterocycles. The van der Waals surface area contributed by atoms with E-state index >= 15 is 0 Å². The Morgan fingerprint density at radius 2 is 1.85 bits per heavy atom. The number of methoxy groups -OCH3 is 1. The minimum absolute atomic E-state index is 0.160. The summed E-state index contributed by atoms with van der Waals surface area (Å²) in [7, 11) is 1.66. The Morgan fingerprint density at radius 3 is 2.65 bits per heavy atom. The Morgan fingerprint density at radius 1 is 1.03 bits per heavy atom. The summed E-state index contributed by atoms with van der Waals surface area (Å²) in [6.07, 6.45) is 6.49. The molecule has 1 fully saturated rings. The number of aromatic nitrogens is 4. The minimum atomic E-state index is 0.160. The molecule has 2 N–H and O–H groups in total. The van der Waals surface area contributed by atoms with Gasteiger partial charge in [0.25, 0.3) is 0 Å². The first-order valence-corrected chi connectivity index (χ1v) is 11.6. The van der Waals surface area contributed by atoms with Gasteiger partial charge in [-0.05, 0) is 48.9 Å². The average Bonchev–Trinajstić information content (AvgIpc) is 3.53. The minimum Gasteiger partial charge on any atom is -0.493 e. The van der Waals surface area contributed by atoms with Crippen molar-refractivity contribution in [2.45, 2.75) is 51.5 Å². The molecule has 2 aromatic heterocycles. The molecule has 2 aromatic carbocycles. The summed E-state index contributed by atoms with van der Waals surface area (Å²) in [6, 6.07) is 16.0. The molecule has 0 bridgehead atoms. The van der Waals surface area contributed by atoms with Gasteiger partial charge in [0.1, 0.15) is 17.9 Å². The number of H-pyrrole nitrogens is 1. The maximum absolute atomic E-state index is 8.20. The Kier molecular flexibility index (Phi) is 6.58. The fourth-order valence-electron chi connectivity index (χ4n) is 4.35.